The Hall–Kier alpha value is -1.09. The van der Waals surface area contributed by atoms with Gasteiger partial charge in [0, 0.05) is 0 Å². The Balaban J connectivity index is 3.17. The number of nitrogens with one attached hydrogen (secondary N) is 1. The van der Waals surface area contributed by atoms with Gasteiger partial charge in [-0.1, -0.05) is 12.1 Å². The molecule has 0 aromatic heterocycles. The lowest BCUT2D eigenvalue weighted by Crippen LogP contribution is -1.95. The maximum atomic E-state index is 12.6. The van der Waals surface area contributed by atoms with Crippen LogP contribution in [-0.2, 0) is 0 Å². The Kier molecular flexibility index (Phi) is 1.87. The van der Waals surface area contributed by atoms with E-state index in [9.17, 15) is 4.39 Å². The number of hydrogen-bond acceptors (Lipinski definition) is 2. The van der Waals surface area contributed by atoms with Crippen molar-refractivity contribution in [2.75, 3.05) is 5.48 Å². The summed E-state index contributed by atoms with van der Waals surface area (Å²) in [4.78, 5) is 0. The van der Waals surface area contributed by atoms with E-state index >= 15 is 0 Å². The smallest absolute Gasteiger partial charge is 0.148 e. The molecule has 1 aromatic carbocycles. The summed E-state index contributed by atoms with van der Waals surface area (Å²) in [5.74, 6) is -0.442. The van der Waals surface area contributed by atoms with Crippen molar-refractivity contribution in [1.29, 1.82) is 0 Å². The summed E-state index contributed by atoms with van der Waals surface area (Å²) in [7, 11) is 0. The first-order valence-electron chi connectivity index (χ1n) is 2.91. The molecule has 2 N–H and O–H groups in total. The Bertz CT molecular complexity index is 217. The number of benzene rings is 1. The second-order valence-electron chi connectivity index (χ2n) is 2.04. The first-order valence-corrected chi connectivity index (χ1v) is 2.91. The van der Waals surface area contributed by atoms with E-state index in [-0.39, 0.29) is 5.69 Å². The molecule has 0 aliphatic carbocycles. The zero-order chi connectivity index (χ0) is 7.56. The van der Waals surface area contributed by atoms with E-state index in [2.05, 4.69) is 0 Å². The second kappa shape index (κ2) is 2.66. The fourth-order valence-electron chi connectivity index (χ4n) is 0.774. The van der Waals surface area contributed by atoms with Gasteiger partial charge in [-0.05, 0) is 18.6 Å². The third kappa shape index (κ3) is 1.09. The summed E-state index contributed by atoms with van der Waals surface area (Å²) in [6.45, 7) is 1.71. The topological polar surface area (TPSA) is 32.3 Å². The van der Waals surface area contributed by atoms with E-state index in [4.69, 9.17) is 5.21 Å². The molecular weight excluding hydrogens is 133 g/mol. The molecule has 54 valence electrons. The highest BCUT2D eigenvalue weighted by molar-refractivity contribution is 5.49. The monoisotopic (exact) mass is 141 g/mol. The molecule has 0 saturated heterocycles. The van der Waals surface area contributed by atoms with Crippen LogP contribution in [0.2, 0.25) is 0 Å². The highest BCUT2D eigenvalue weighted by Crippen LogP contribution is 2.16. The van der Waals surface area contributed by atoms with Crippen LogP contribution in [-0.4, -0.2) is 5.21 Å². The second-order valence-corrected chi connectivity index (χ2v) is 2.04. The molecule has 1 aromatic rings. The van der Waals surface area contributed by atoms with E-state index in [1.54, 1.807) is 24.5 Å². The molecule has 0 fully saturated rings. The zero-order valence-corrected chi connectivity index (χ0v) is 5.56. The van der Waals surface area contributed by atoms with Crippen LogP contribution < -0.4 is 5.48 Å². The van der Waals surface area contributed by atoms with Crippen molar-refractivity contribution in [1.82, 2.24) is 0 Å². The third-order valence-corrected chi connectivity index (χ3v) is 1.33. The molecule has 2 nitrogen and oxygen atoms in total. The van der Waals surface area contributed by atoms with Gasteiger partial charge in [-0.15, -0.1) is 0 Å². The molecule has 0 aliphatic heterocycles. The van der Waals surface area contributed by atoms with Crippen LogP contribution in [0.5, 0.6) is 0 Å². The third-order valence-electron chi connectivity index (χ3n) is 1.33. The minimum atomic E-state index is -0.442. The van der Waals surface area contributed by atoms with Gasteiger partial charge in [-0.3, -0.25) is 10.7 Å². The van der Waals surface area contributed by atoms with Crippen LogP contribution in [0.3, 0.4) is 0 Å². The lowest BCUT2D eigenvalue weighted by molar-refractivity contribution is 0.383. The van der Waals surface area contributed by atoms with Gasteiger partial charge in [0.2, 0.25) is 0 Å². The molecule has 0 unspecified atom stereocenters. The summed E-state index contributed by atoms with van der Waals surface area (Å²) >= 11 is 0. The summed E-state index contributed by atoms with van der Waals surface area (Å²) in [6.07, 6.45) is 0. The van der Waals surface area contributed by atoms with Crippen molar-refractivity contribution < 1.29 is 9.60 Å². The fraction of sp³-hybridized carbons (Fsp3) is 0.143. The molecule has 1 rings (SSSR count). The molecule has 3 heteroatoms. The van der Waals surface area contributed by atoms with Gasteiger partial charge in [0.1, 0.15) is 5.82 Å². The Morgan fingerprint density at radius 1 is 1.50 bits per heavy atom. The minimum Gasteiger partial charge on any atom is -0.291 e. The van der Waals surface area contributed by atoms with Crippen LogP contribution in [0.25, 0.3) is 0 Å². The molecule has 10 heavy (non-hydrogen) atoms. The largest absolute Gasteiger partial charge is 0.291 e. The van der Waals surface area contributed by atoms with Gasteiger partial charge in [-0.2, -0.15) is 0 Å². The van der Waals surface area contributed by atoms with Gasteiger partial charge in [-0.25, -0.2) is 4.39 Å². The summed E-state index contributed by atoms with van der Waals surface area (Å²) in [5.41, 5.74) is 2.61. The van der Waals surface area contributed by atoms with Gasteiger partial charge in [0.05, 0.1) is 5.69 Å². The molecule has 0 aliphatic rings. The van der Waals surface area contributed by atoms with Crippen molar-refractivity contribution in [3.8, 4) is 0 Å². The van der Waals surface area contributed by atoms with Crippen molar-refractivity contribution in [2.24, 2.45) is 0 Å². The predicted octanol–water partition coefficient (Wildman–Crippen LogP) is 1.94. The number of para-hydroxylation sites is 1. The highest BCUT2D eigenvalue weighted by Gasteiger charge is 2.01. The Labute approximate surface area is 58.3 Å². The summed E-state index contributed by atoms with van der Waals surface area (Å²) in [5, 5.41) is 8.41. The predicted molar refractivity (Wildman–Crippen MR) is 36.5 cm³/mol. The number of halogens is 1. The fourth-order valence-corrected chi connectivity index (χ4v) is 0.774. The molecule has 0 bridgehead atoms. The van der Waals surface area contributed by atoms with Crippen LogP contribution in [0.15, 0.2) is 18.2 Å². The number of hydrogen-bond donors (Lipinski definition) is 2. The SMILES string of the molecule is Cc1cccc(F)c1NO. The van der Waals surface area contributed by atoms with Gasteiger partial charge in [0.15, 0.2) is 0 Å². The van der Waals surface area contributed by atoms with E-state index in [0.29, 0.717) is 5.56 Å². The summed E-state index contributed by atoms with van der Waals surface area (Å²) < 4.78 is 12.6. The first-order chi connectivity index (χ1) is 4.75. The maximum absolute atomic E-state index is 12.6. The molecule has 0 radical (unpaired) electrons. The average molecular weight is 141 g/mol. The van der Waals surface area contributed by atoms with Crippen LogP contribution in [0.4, 0.5) is 10.1 Å². The standard InChI is InChI=1S/C7H8FNO/c1-5-3-2-4-6(8)7(5)9-10/h2-4,9-10H,1H3. The normalized spacial score (nSPS) is 9.50. The molecular formula is C7H8FNO. The van der Waals surface area contributed by atoms with Crippen LogP contribution in [0.1, 0.15) is 5.56 Å². The van der Waals surface area contributed by atoms with Crippen LogP contribution >= 0.6 is 0 Å². The van der Waals surface area contributed by atoms with Gasteiger partial charge < -0.3 is 0 Å². The van der Waals surface area contributed by atoms with Crippen molar-refractivity contribution in [3.05, 3.63) is 29.6 Å². The highest BCUT2D eigenvalue weighted by atomic mass is 19.1. The molecule has 0 spiro atoms. The zero-order valence-electron chi connectivity index (χ0n) is 5.56. The Morgan fingerprint density at radius 2 is 2.20 bits per heavy atom. The van der Waals surface area contributed by atoms with E-state index in [0.717, 1.165) is 0 Å². The van der Waals surface area contributed by atoms with E-state index < -0.39 is 5.82 Å². The number of aryl methyl sites for hydroxylation is 1. The lowest BCUT2D eigenvalue weighted by Gasteiger charge is -2.02. The molecule has 0 atom stereocenters. The molecule has 0 saturated carbocycles. The number of anilines is 1. The van der Waals surface area contributed by atoms with E-state index in [1.807, 2.05) is 0 Å². The van der Waals surface area contributed by atoms with Crippen molar-refractivity contribution >= 4 is 5.69 Å². The van der Waals surface area contributed by atoms with E-state index in [1.165, 1.54) is 6.07 Å². The number of rotatable bonds is 1. The Morgan fingerprint density at radius 3 is 2.60 bits per heavy atom. The average Bonchev–Trinajstić information content (AvgIpc) is 1.88. The first kappa shape index (κ1) is 7.02. The maximum Gasteiger partial charge on any atom is 0.148 e. The van der Waals surface area contributed by atoms with Crippen molar-refractivity contribution in [2.45, 2.75) is 6.92 Å². The van der Waals surface area contributed by atoms with Crippen LogP contribution in [0, 0.1) is 12.7 Å². The van der Waals surface area contributed by atoms with Gasteiger partial charge >= 0.3 is 0 Å². The minimum absolute atomic E-state index is 0.141. The molecule has 0 amide bonds. The quantitative estimate of drug-likeness (QED) is 0.586. The van der Waals surface area contributed by atoms with Crippen molar-refractivity contribution in [3.63, 3.8) is 0 Å². The van der Waals surface area contributed by atoms with Gasteiger partial charge in [0.25, 0.3) is 0 Å². The summed E-state index contributed by atoms with van der Waals surface area (Å²) in [6, 6.07) is 4.58. The molecule has 0 heterocycles. The lowest BCUT2D eigenvalue weighted by atomic mass is 10.2.